The van der Waals surface area contributed by atoms with Gasteiger partial charge in [-0.3, -0.25) is 0 Å². The molecule has 0 saturated carbocycles. The summed E-state index contributed by atoms with van der Waals surface area (Å²) in [6.45, 7) is 3.22. The van der Waals surface area contributed by atoms with Crippen LogP contribution >= 0.6 is 11.6 Å². The average Bonchev–Trinajstić information content (AvgIpc) is 2.12. The summed E-state index contributed by atoms with van der Waals surface area (Å²) >= 11 is 5.83. The number of aliphatic hydroxyl groups is 1. The van der Waals surface area contributed by atoms with Gasteiger partial charge in [-0.05, 0) is 25.5 Å². The van der Waals surface area contributed by atoms with Crippen LogP contribution in [-0.4, -0.2) is 12.2 Å². The van der Waals surface area contributed by atoms with E-state index in [1.165, 1.54) is 20.1 Å². The molecule has 0 amide bonds. The quantitative estimate of drug-likeness (QED) is 0.827. The van der Waals surface area contributed by atoms with Crippen molar-refractivity contribution in [1.29, 1.82) is 0 Å². The molecule has 0 aromatic heterocycles. The molecular formula is C10H12ClFO2. The third-order valence-corrected chi connectivity index (χ3v) is 2.49. The Labute approximate surface area is 87.3 Å². The number of halogens is 2. The molecular weight excluding hydrogens is 207 g/mol. The molecule has 1 unspecified atom stereocenters. The third kappa shape index (κ3) is 1.83. The summed E-state index contributed by atoms with van der Waals surface area (Å²) in [6.07, 6.45) is -0.875. The lowest BCUT2D eigenvalue weighted by molar-refractivity contribution is 0.192. The zero-order chi connectivity index (χ0) is 10.9. The highest BCUT2D eigenvalue weighted by Gasteiger charge is 2.18. The molecule has 0 aliphatic rings. The van der Waals surface area contributed by atoms with Crippen molar-refractivity contribution in [3.8, 4) is 5.75 Å². The minimum absolute atomic E-state index is 0.0115. The van der Waals surface area contributed by atoms with Crippen LogP contribution in [0.3, 0.4) is 0 Å². The maximum Gasteiger partial charge on any atom is 0.173 e. The Hall–Kier alpha value is -0.800. The second-order valence-corrected chi connectivity index (χ2v) is 3.50. The second kappa shape index (κ2) is 4.15. The molecule has 14 heavy (non-hydrogen) atoms. The predicted octanol–water partition coefficient (Wildman–Crippen LogP) is 2.85. The minimum Gasteiger partial charge on any atom is -0.492 e. The molecule has 1 aromatic rings. The zero-order valence-electron chi connectivity index (χ0n) is 8.27. The average molecular weight is 219 g/mol. The van der Waals surface area contributed by atoms with E-state index < -0.39 is 11.9 Å². The van der Waals surface area contributed by atoms with Crippen LogP contribution in [-0.2, 0) is 0 Å². The fraction of sp³-hybridized carbons (Fsp3) is 0.400. The lowest BCUT2D eigenvalue weighted by atomic mass is 10.1. The Bertz CT molecular complexity index is 350. The summed E-state index contributed by atoms with van der Waals surface area (Å²) in [6, 6.07) is 1.52. The largest absolute Gasteiger partial charge is 0.492 e. The summed E-state index contributed by atoms with van der Waals surface area (Å²) < 4.78 is 18.4. The van der Waals surface area contributed by atoms with Gasteiger partial charge in [0, 0.05) is 5.56 Å². The molecule has 0 radical (unpaired) electrons. The van der Waals surface area contributed by atoms with Gasteiger partial charge >= 0.3 is 0 Å². The maximum absolute atomic E-state index is 13.6. The van der Waals surface area contributed by atoms with Gasteiger partial charge < -0.3 is 9.84 Å². The third-order valence-electron chi connectivity index (χ3n) is 2.02. The molecule has 0 aliphatic carbocycles. The van der Waals surface area contributed by atoms with Gasteiger partial charge in [0.15, 0.2) is 11.6 Å². The van der Waals surface area contributed by atoms with Crippen LogP contribution in [0, 0.1) is 12.7 Å². The topological polar surface area (TPSA) is 29.5 Å². The van der Waals surface area contributed by atoms with Crippen LogP contribution in [0.15, 0.2) is 6.07 Å². The highest BCUT2D eigenvalue weighted by Crippen LogP contribution is 2.35. The maximum atomic E-state index is 13.6. The van der Waals surface area contributed by atoms with E-state index in [9.17, 15) is 9.50 Å². The molecule has 0 fully saturated rings. The Kier molecular flexibility index (Phi) is 3.34. The molecule has 1 atom stereocenters. The molecule has 1 aromatic carbocycles. The van der Waals surface area contributed by atoms with Crippen molar-refractivity contribution in [3.05, 3.63) is 28.0 Å². The Morgan fingerprint density at radius 3 is 2.57 bits per heavy atom. The smallest absolute Gasteiger partial charge is 0.173 e. The summed E-state index contributed by atoms with van der Waals surface area (Å²) in [4.78, 5) is 0. The van der Waals surface area contributed by atoms with Gasteiger partial charge in [-0.2, -0.15) is 0 Å². The fourth-order valence-electron chi connectivity index (χ4n) is 1.25. The first-order valence-corrected chi connectivity index (χ1v) is 4.57. The molecule has 78 valence electrons. The Morgan fingerprint density at radius 2 is 2.14 bits per heavy atom. The molecule has 0 aliphatic heterocycles. The second-order valence-electron chi connectivity index (χ2n) is 3.12. The van der Waals surface area contributed by atoms with E-state index in [1.807, 2.05) is 0 Å². The number of benzene rings is 1. The first-order chi connectivity index (χ1) is 6.49. The minimum atomic E-state index is -0.875. The molecule has 1 N–H and O–H groups in total. The summed E-state index contributed by atoms with van der Waals surface area (Å²) in [5, 5.41) is 9.55. The van der Waals surface area contributed by atoms with Gasteiger partial charge in [0.2, 0.25) is 0 Å². The molecule has 4 heteroatoms. The van der Waals surface area contributed by atoms with Gasteiger partial charge in [-0.1, -0.05) is 11.6 Å². The molecule has 2 nitrogen and oxygen atoms in total. The predicted molar refractivity (Wildman–Crippen MR) is 53.3 cm³/mol. The van der Waals surface area contributed by atoms with Crippen LogP contribution in [0.5, 0.6) is 5.75 Å². The van der Waals surface area contributed by atoms with E-state index in [2.05, 4.69) is 0 Å². The number of aryl methyl sites for hydroxylation is 1. The first kappa shape index (κ1) is 11.3. The van der Waals surface area contributed by atoms with E-state index in [4.69, 9.17) is 16.3 Å². The summed E-state index contributed by atoms with van der Waals surface area (Å²) in [5.41, 5.74) is 0.879. The standard InChI is InChI=1S/C10H12ClFO2/c1-5-4-7(6(2)13)9(12)10(14-3)8(5)11/h4,6,13H,1-3H3. The van der Waals surface area contributed by atoms with Crippen molar-refractivity contribution in [2.24, 2.45) is 0 Å². The SMILES string of the molecule is COc1c(F)c(C(C)O)cc(C)c1Cl. The number of rotatable bonds is 2. The van der Waals surface area contributed by atoms with Gasteiger partial charge in [0.1, 0.15) is 0 Å². The fourth-order valence-corrected chi connectivity index (χ4v) is 1.46. The monoisotopic (exact) mass is 218 g/mol. The molecule has 0 heterocycles. The van der Waals surface area contributed by atoms with Crippen LogP contribution in [0.2, 0.25) is 5.02 Å². The number of ether oxygens (including phenoxy) is 1. The summed E-state index contributed by atoms with van der Waals surface area (Å²) in [5.74, 6) is -0.610. The van der Waals surface area contributed by atoms with Crippen LogP contribution in [0.4, 0.5) is 4.39 Å². The first-order valence-electron chi connectivity index (χ1n) is 4.19. The number of hydrogen-bond donors (Lipinski definition) is 1. The van der Waals surface area contributed by atoms with Crippen molar-refractivity contribution in [1.82, 2.24) is 0 Å². The summed E-state index contributed by atoms with van der Waals surface area (Å²) in [7, 11) is 1.34. The van der Waals surface area contributed by atoms with Gasteiger partial charge in [-0.25, -0.2) is 4.39 Å². The molecule has 0 spiro atoms. The van der Waals surface area contributed by atoms with E-state index in [0.717, 1.165) is 0 Å². The van der Waals surface area contributed by atoms with Crippen LogP contribution in [0.1, 0.15) is 24.2 Å². The van der Waals surface area contributed by atoms with Gasteiger partial charge in [0.05, 0.1) is 18.2 Å². The Morgan fingerprint density at radius 1 is 1.57 bits per heavy atom. The molecule has 0 bridgehead atoms. The van der Waals surface area contributed by atoms with Crippen molar-refractivity contribution < 1.29 is 14.2 Å². The molecule has 0 saturated heterocycles. The van der Waals surface area contributed by atoms with Crippen molar-refractivity contribution in [2.45, 2.75) is 20.0 Å². The van der Waals surface area contributed by atoms with Crippen molar-refractivity contribution >= 4 is 11.6 Å². The van der Waals surface area contributed by atoms with E-state index in [1.54, 1.807) is 6.92 Å². The van der Waals surface area contributed by atoms with Crippen LogP contribution < -0.4 is 4.74 Å². The normalized spacial score (nSPS) is 12.7. The van der Waals surface area contributed by atoms with Crippen molar-refractivity contribution in [3.63, 3.8) is 0 Å². The lowest BCUT2D eigenvalue weighted by Crippen LogP contribution is -2.01. The van der Waals surface area contributed by atoms with Crippen molar-refractivity contribution in [2.75, 3.05) is 7.11 Å². The highest BCUT2D eigenvalue weighted by molar-refractivity contribution is 6.32. The van der Waals surface area contributed by atoms with Gasteiger partial charge in [0.25, 0.3) is 0 Å². The van der Waals surface area contributed by atoms with E-state index >= 15 is 0 Å². The highest BCUT2D eigenvalue weighted by atomic mass is 35.5. The zero-order valence-corrected chi connectivity index (χ0v) is 9.02. The van der Waals surface area contributed by atoms with Crippen LogP contribution in [0.25, 0.3) is 0 Å². The van der Waals surface area contributed by atoms with Gasteiger partial charge in [-0.15, -0.1) is 0 Å². The lowest BCUT2D eigenvalue weighted by Gasteiger charge is -2.13. The molecule has 1 rings (SSSR count). The number of aliphatic hydroxyl groups excluding tert-OH is 1. The Balaban J connectivity index is 3.42. The number of hydrogen-bond acceptors (Lipinski definition) is 2. The number of methoxy groups -OCH3 is 1. The van der Waals surface area contributed by atoms with E-state index in [-0.39, 0.29) is 16.3 Å². The van der Waals surface area contributed by atoms with E-state index in [0.29, 0.717) is 5.56 Å².